The van der Waals surface area contributed by atoms with Crippen LogP contribution in [0.15, 0.2) is 108 Å². The number of carbonyl (C=O) groups is 2. The fraction of sp³-hybridized carbons (Fsp3) is 0.0645. The molecule has 0 spiro atoms. The van der Waals surface area contributed by atoms with Crippen molar-refractivity contribution in [3.8, 4) is 11.5 Å². The maximum absolute atomic E-state index is 13.4. The summed E-state index contributed by atoms with van der Waals surface area (Å²) in [6.07, 6.45) is 1.65. The summed E-state index contributed by atoms with van der Waals surface area (Å²) >= 11 is 13.4. The summed E-state index contributed by atoms with van der Waals surface area (Å²) in [4.78, 5) is 32.3. The molecule has 9 heteroatoms. The SMILES string of the molecule is Cc1ccc(N2C(=O)/C(=C\c3ccc(Cl)c(Cl)c3)N=C2SCC(=O)Nc2ccc(Oc3ccccc3)cc2)cc1. The van der Waals surface area contributed by atoms with Crippen molar-refractivity contribution in [1.29, 1.82) is 0 Å². The van der Waals surface area contributed by atoms with E-state index in [1.54, 1.807) is 48.5 Å². The minimum atomic E-state index is -0.299. The van der Waals surface area contributed by atoms with Crippen LogP contribution in [0.25, 0.3) is 6.08 Å². The molecule has 0 bridgehead atoms. The molecule has 0 saturated carbocycles. The number of hydrogen-bond acceptors (Lipinski definition) is 5. The number of para-hydroxylation sites is 1. The van der Waals surface area contributed by atoms with Crippen LogP contribution in [0.1, 0.15) is 11.1 Å². The molecule has 4 aromatic carbocycles. The van der Waals surface area contributed by atoms with Gasteiger partial charge in [0.25, 0.3) is 5.91 Å². The number of aryl methyl sites for hydroxylation is 1. The largest absolute Gasteiger partial charge is 0.457 e. The van der Waals surface area contributed by atoms with Crippen LogP contribution in [0.4, 0.5) is 11.4 Å². The number of rotatable bonds is 7. The second-order valence-electron chi connectivity index (χ2n) is 8.85. The van der Waals surface area contributed by atoms with Crippen LogP contribution in [0.3, 0.4) is 0 Å². The van der Waals surface area contributed by atoms with Gasteiger partial charge in [0.1, 0.15) is 17.2 Å². The molecular formula is C31H23Cl2N3O3S. The minimum absolute atomic E-state index is 0.0524. The van der Waals surface area contributed by atoms with Crippen molar-refractivity contribution >= 4 is 69.4 Å². The van der Waals surface area contributed by atoms with Crippen molar-refractivity contribution < 1.29 is 14.3 Å². The number of ether oxygens (including phenoxy) is 1. The first-order valence-corrected chi connectivity index (χ1v) is 14.0. The van der Waals surface area contributed by atoms with Gasteiger partial charge in [0.05, 0.1) is 21.5 Å². The van der Waals surface area contributed by atoms with Gasteiger partial charge < -0.3 is 10.1 Å². The first-order chi connectivity index (χ1) is 19.4. The van der Waals surface area contributed by atoms with Crippen LogP contribution in [-0.4, -0.2) is 22.7 Å². The van der Waals surface area contributed by atoms with Crippen molar-refractivity contribution in [3.63, 3.8) is 0 Å². The Morgan fingerprint density at radius 3 is 2.33 bits per heavy atom. The van der Waals surface area contributed by atoms with Crippen LogP contribution in [-0.2, 0) is 9.59 Å². The number of benzene rings is 4. The van der Waals surface area contributed by atoms with Crippen LogP contribution < -0.4 is 15.0 Å². The Balaban J connectivity index is 1.29. The average Bonchev–Trinajstić information content (AvgIpc) is 3.26. The van der Waals surface area contributed by atoms with Crippen molar-refractivity contribution in [1.82, 2.24) is 0 Å². The lowest BCUT2D eigenvalue weighted by molar-refractivity contribution is -0.114. The monoisotopic (exact) mass is 587 g/mol. The Morgan fingerprint density at radius 2 is 1.62 bits per heavy atom. The third-order valence-electron chi connectivity index (χ3n) is 5.82. The summed E-state index contributed by atoms with van der Waals surface area (Å²) in [6.45, 7) is 1.97. The molecule has 4 aromatic rings. The lowest BCUT2D eigenvalue weighted by Gasteiger charge is -2.18. The second kappa shape index (κ2) is 12.4. The highest BCUT2D eigenvalue weighted by molar-refractivity contribution is 8.14. The Hall–Kier alpha value is -4.04. The molecule has 0 saturated heterocycles. The molecule has 0 unspecified atom stereocenters. The predicted molar refractivity (Wildman–Crippen MR) is 165 cm³/mol. The van der Waals surface area contributed by atoms with E-state index in [1.165, 1.54) is 16.7 Å². The van der Waals surface area contributed by atoms with Crippen LogP contribution in [0.5, 0.6) is 11.5 Å². The Kier molecular flexibility index (Phi) is 8.55. The fourth-order valence-corrected chi connectivity index (χ4v) is 4.95. The summed E-state index contributed by atoms with van der Waals surface area (Å²) in [5.74, 6) is 0.909. The summed E-state index contributed by atoms with van der Waals surface area (Å²) in [5.41, 5.74) is 3.28. The molecule has 0 aliphatic carbocycles. The Labute approximate surface area is 246 Å². The fourth-order valence-electron chi connectivity index (χ4n) is 3.83. The molecule has 0 fully saturated rings. The third-order valence-corrected chi connectivity index (χ3v) is 7.50. The maximum atomic E-state index is 13.4. The number of halogens is 2. The highest BCUT2D eigenvalue weighted by Crippen LogP contribution is 2.31. The molecule has 0 radical (unpaired) electrons. The minimum Gasteiger partial charge on any atom is -0.457 e. The van der Waals surface area contributed by atoms with Crippen molar-refractivity contribution in [2.24, 2.45) is 4.99 Å². The molecule has 1 N–H and O–H groups in total. The molecular weight excluding hydrogens is 565 g/mol. The maximum Gasteiger partial charge on any atom is 0.283 e. The topological polar surface area (TPSA) is 71.0 Å². The standard InChI is InChI=1S/C31H23Cl2N3O3S/c1-20-7-12-23(13-8-20)36-30(38)28(18-21-9-16-26(32)27(33)17-21)35-31(36)40-19-29(37)34-22-10-14-25(15-11-22)39-24-5-3-2-4-6-24/h2-18H,19H2,1H3,(H,34,37)/b28-18+. The van der Waals surface area contributed by atoms with E-state index in [2.05, 4.69) is 10.3 Å². The van der Waals surface area contributed by atoms with Crippen LogP contribution >= 0.6 is 35.0 Å². The quantitative estimate of drug-likeness (QED) is 0.221. The van der Waals surface area contributed by atoms with Gasteiger partial charge in [0, 0.05) is 5.69 Å². The molecule has 200 valence electrons. The highest BCUT2D eigenvalue weighted by atomic mass is 35.5. The van der Waals surface area contributed by atoms with Crippen molar-refractivity contribution in [3.05, 3.63) is 124 Å². The summed E-state index contributed by atoms with van der Waals surface area (Å²) in [7, 11) is 0. The average molecular weight is 589 g/mol. The van der Waals surface area contributed by atoms with Gasteiger partial charge in [0.2, 0.25) is 5.91 Å². The van der Waals surface area contributed by atoms with E-state index >= 15 is 0 Å². The van der Waals surface area contributed by atoms with E-state index < -0.39 is 0 Å². The van der Waals surface area contributed by atoms with E-state index in [0.717, 1.165) is 11.3 Å². The molecule has 6 nitrogen and oxygen atoms in total. The lowest BCUT2D eigenvalue weighted by Crippen LogP contribution is -2.31. The van der Waals surface area contributed by atoms with E-state index in [1.807, 2.05) is 61.5 Å². The number of nitrogens with zero attached hydrogens (tertiary/aromatic N) is 2. The molecule has 0 aromatic heterocycles. The third kappa shape index (κ3) is 6.74. The zero-order valence-electron chi connectivity index (χ0n) is 21.3. The number of anilines is 2. The lowest BCUT2D eigenvalue weighted by atomic mass is 10.2. The Morgan fingerprint density at radius 1 is 0.925 bits per heavy atom. The van der Waals surface area contributed by atoms with Crippen molar-refractivity contribution in [2.75, 3.05) is 16.0 Å². The van der Waals surface area contributed by atoms with E-state index in [0.29, 0.717) is 37.9 Å². The van der Waals surface area contributed by atoms with Gasteiger partial charge >= 0.3 is 0 Å². The van der Waals surface area contributed by atoms with Crippen molar-refractivity contribution in [2.45, 2.75) is 6.92 Å². The number of carbonyl (C=O) groups excluding carboxylic acids is 2. The predicted octanol–water partition coefficient (Wildman–Crippen LogP) is 8.21. The van der Waals surface area contributed by atoms with E-state index in [9.17, 15) is 9.59 Å². The first-order valence-electron chi connectivity index (χ1n) is 12.3. The van der Waals surface area contributed by atoms with Gasteiger partial charge in [-0.2, -0.15) is 0 Å². The molecule has 40 heavy (non-hydrogen) atoms. The Bertz CT molecular complexity index is 1610. The molecule has 5 rings (SSSR count). The number of amides is 2. The van der Waals surface area contributed by atoms with Gasteiger partial charge in [-0.15, -0.1) is 0 Å². The van der Waals surface area contributed by atoms with Crippen LogP contribution in [0.2, 0.25) is 10.0 Å². The summed E-state index contributed by atoms with van der Waals surface area (Å²) in [5, 5.41) is 4.09. The molecule has 1 aliphatic heterocycles. The highest BCUT2D eigenvalue weighted by Gasteiger charge is 2.32. The second-order valence-corrected chi connectivity index (χ2v) is 10.6. The number of amidine groups is 1. The summed E-state index contributed by atoms with van der Waals surface area (Å²) in [6, 6.07) is 29.2. The van der Waals surface area contributed by atoms with E-state index in [4.69, 9.17) is 27.9 Å². The van der Waals surface area contributed by atoms with Gasteiger partial charge in [-0.1, -0.05) is 76.9 Å². The number of nitrogens with one attached hydrogen (secondary N) is 1. The van der Waals surface area contributed by atoms with Gasteiger partial charge in [-0.05, 0) is 79.2 Å². The molecule has 2 amide bonds. The van der Waals surface area contributed by atoms with Gasteiger partial charge in [0.15, 0.2) is 5.17 Å². The molecule has 0 atom stereocenters. The zero-order chi connectivity index (χ0) is 28.1. The summed E-state index contributed by atoms with van der Waals surface area (Å²) < 4.78 is 5.80. The van der Waals surface area contributed by atoms with Crippen LogP contribution in [0, 0.1) is 6.92 Å². The number of thioether (sulfide) groups is 1. The number of hydrogen-bond donors (Lipinski definition) is 1. The van der Waals surface area contributed by atoms with Gasteiger partial charge in [-0.25, -0.2) is 4.99 Å². The molecule has 1 heterocycles. The van der Waals surface area contributed by atoms with Gasteiger partial charge in [-0.3, -0.25) is 14.5 Å². The first kappa shape index (κ1) is 27.5. The van der Waals surface area contributed by atoms with E-state index in [-0.39, 0.29) is 23.3 Å². The molecule has 1 aliphatic rings. The normalized spacial score (nSPS) is 13.9. The smallest absolute Gasteiger partial charge is 0.283 e. The zero-order valence-corrected chi connectivity index (χ0v) is 23.6. The number of aliphatic imine (C=N–C) groups is 1.